The number of amides is 1. The van der Waals surface area contributed by atoms with Crippen molar-refractivity contribution in [1.82, 2.24) is 5.32 Å². The molecule has 1 amide bonds. The average Bonchev–Trinajstić information content (AvgIpc) is 3.08. The number of hydrogen-bond acceptors (Lipinski definition) is 4. The first kappa shape index (κ1) is 13.9. The molecule has 0 aromatic heterocycles. The van der Waals surface area contributed by atoms with Crippen molar-refractivity contribution in [3.05, 3.63) is 0 Å². The normalized spacial score (nSPS) is 18.5. The van der Waals surface area contributed by atoms with Crippen LogP contribution in [0.15, 0.2) is 0 Å². The number of aliphatic carboxylic acids is 1. The monoisotopic (exact) mass is 244 g/mol. The molecule has 1 aliphatic carbocycles. The Bertz CT molecular complexity index is 279. The van der Waals surface area contributed by atoms with Gasteiger partial charge in [0.05, 0.1) is 12.5 Å². The van der Waals surface area contributed by atoms with Crippen molar-refractivity contribution < 1.29 is 19.4 Å². The molecule has 6 nitrogen and oxygen atoms in total. The van der Waals surface area contributed by atoms with Gasteiger partial charge in [-0.15, -0.1) is 0 Å². The SMILES string of the molecule is CCOC(CN)CC(=O)NC(C(=O)O)C1CC1. The van der Waals surface area contributed by atoms with Gasteiger partial charge in [-0.3, -0.25) is 4.79 Å². The van der Waals surface area contributed by atoms with Crippen molar-refractivity contribution in [2.24, 2.45) is 11.7 Å². The summed E-state index contributed by atoms with van der Waals surface area (Å²) in [4.78, 5) is 22.6. The van der Waals surface area contributed by atoms with E-state index >= 15 is 0 Å². The molecule has 98 valence electrons. The highest BCUT2D eigenvalue weighted by molar-refractivity contribution is 5.84. The van der Waals surface area contributed by atoms with Gasteiger partial charge in [0.15, 0.2) is 0 Å². The number of ether oxygens (including phenoxy) is 1. The predicted octanol–water partition coefficient (Wildman–Crippen LogP) is -0.280. The first-order valence-corrected chi connectivity index (χ1v) is 5.92. The molecule has 0 aliphatic heterocycles. The van der Waals surface area contributed by atoms with E-state index in [1.807, 2.05) is 6.92 Å². The molecule has 0 aromatic rings. The van der Waals surface area contributed by atoms with E-state index in [0.717, 1.165) is 12.8 Å². The number of rotatable bonds is 8. The molecule has 2 atom stereocenters. The number of carbonyl (C=O) groups is 2. The Morgan fingerprint density at radius 3 is 2.59 bits per heavy atom. The maximum atomic E-state index is 11.6. The molecule has 0 saturated heterocycles. The highest BCUT2D eigenvalue weighted by Gasteiger charge is 2.37. The van der Waals surface area contributed by atoms with Crippen molar-refractivity contribution >= 4 is 11.9 Å². The minimum Gasteiger partial charge on any atom is -0.480 e. The maximum absolute atomic E-state index is 11.6. The molecule has 0 bridgehead atoms. The summed E-state index contributed by atoms with van der Waals surface area (Å²) in [7, 11) is 0. The second-order valence-electron chi connectivity index (χ2n) is 4.24. The van der Waals surface area contributed by atoms with Crippen molar-refractivity contribution in [3.8, 4) is 0 Å². The average molecular weight is 244 g/mol. The number of carboxylic acid groups (broad SMARTS) is 1. The first-order chi connectivity index (χ1) is 8.08. The van der Waals surface area contributed by atoms with E-state index in [2.05, 4.69) is 5.32 Å². The molecule has 1 rings (SSSR count). The number of carbonyl (C=O) groups excluding carboxylic acids is 1. The second-order valence-corrected chi connectivity index (χ2v) is 4.24. The van der Waals surface area contributed by atoms with E-state index in [1.54, 1.807) is 0 Å². The zero-order valence-electron chi connectivity index (χ0n) is 10.0. The van der Waals surface area contributed by atoms with Gasteiger partial charge in [0.1, 0.15) is 6.04 Å². The van der Waals surface area contributed by atoms with E-state index in [4.69, 9.17) is 15.6 Å². The quantitative estimate of drug-likeness (QED) is 0.545. The van der Waals surface area contributed by atoms with Gasteiger partial charge in [-0.25, -0.2) is 4.79 Å². The van der Waals surface area contributed by atoms with Crippen molar-refractivity contribution in [3.63, 3.8) is 0 Å². The number of hydrogen-bond donors (Lipinski definition) is 3. The molecule has 1 fully saturated rings. The summed E-state index contributed by atoms with van der Waals surface area (Å²) in [6, 6.07) is -0.762. The molecule has 0 heterocycles. The lowest BCUT2D eigenvalue weighted by molar-refractivity contribution is -0.142. The lowest BCUT2D eigenvalue weighted by Gasteiger charge is -2.17. The van der Waals surface area contributed by atoms with Crippen LogP contribution in [0.5, 0.6) is 0 Å². The van der Waals surface area contributed by atoms with Crippen LogP contribution in [-0.2, 0) is 14.3 Å². The van der Waals surface area contributed by atoms with Gasteiger partial charge >= 0.3 is 5.97 Å². The van der Waals surface area contributed by atoms with Gasteiger partial charge in [0.2, 0.25) is 5.91 Å². The molecule has 6 heteroatoms. The summed E-state index contributed by atoms with van der Waals surface area (Å²) in [5, 5.41) is 11.5. The molecule has 2 unspecified atom stereocenters. The van der Waals surface area contributed by atoms with E-state index in [9.17, 15) is 9.59 Å². The van der Waals surface area contributed by atoms with Gasteiger partial charge in [0.25, 0.3) is 0 Å². The molecule has 17 heavy (non-hydrogen) atoms. The Morgan fingerprint density at radius 1 is 1.53 bits per heavy atom. The summed E-state index contributed by atoms with van der Waals surface area (Å²) in [5.74, 6) is -1.20. The Balaban J connectivity index is 2.38. The highest BCUT2D eigenvalue weighted by Crippen LogP contribution is 2.32. The molecule has 4 N–H and O–H groups in total. The molecular formula is C11H20N2O4. The second kappa shape index (κ2) is 6.56. The molecular weight excluding hydrogens is 224 g/mol. The van der Waals surface area contributed by atoms with Crippen LogP contribution in [0.25, 0.3) is 0 Å². The smallest absolute Gasteiger partial charge is 0.326 e. The fourth-order valence-electron chi connectivity index (χ4n) is 1.70. The maximum Gasteiger partial charge on any atom is 0.326 e. The van der Waals surface area contributed by atoms with Crippen LogP contribution in [0.3, 0.4) is 0 Å². The fraction of sp³-hybridized carbons (Fsp3) is 0.818. The van der Waals surface area contributed by atoms with Crippen LogP contribution in [0.1, 0.15) is 26.2 Å². The van der Waals surface area contributed by atoms with E-state index in [1.165, 1.54) is 0 Å². The van der Waals surface area contributed by atoms with Gasteiger partial charge in [-0.2, -0.15) is 0 Å². The van der Waals surface area contributed by atoms with Gasteiger partial charge in [0, 0.05) is 13.2 Å². The summed E-state index contributed by atoms with van der Waals surface area (Å²) >= 11 is 0. The summed E-state index contributed by atoms with van der Waals surface area (Å²) in [6.07, 6.45) is 1.50. The summed E-state index contributed by atoms with van der Waals surface area (Å²) < 4.78 is 5.25. The van der Waals surface area contributed by atoms with Crippen molar-refractivity contribution in [1.29, 1.82) is 0 Å². The fourth-order valence-corrected chi connectivity index (χ4v) is 1.70. The Kier molecular flexibility index (Phi) is 5.37. The molecule has 1 aliphatic rings. The van der Waals surface area contributed by atoms with E-state index in [-0.39, 0.29) is 30.9 Å². The largest absolute Gasteiger partial charge is 0.480 e. The predicted molar refractivity (Wildman–Crippen MR) is 61.4 cm³/mol. The Hall–Kier alpha value is -1.14. The molecule has 0 radical (unpaired) electrons. The Labute approximate surface area is 101 Å². The standard InChI is InChI=1S/C11H20N2O4/c1-2-17-8(6-12)5-9(14)13-10(11(15)16)7-3-4-7/h7-8,10H,2-6,12H2,1H3,(H,13,14)(H,15,16). The van der Waals surface area contributed by atoms with Crippen LogP contribution in [0.2, 0.25) is 0 Å². The minimum absolute atomic E-state index is 0.0832. The summed E-state index contributed by atoms with van der Waals surface area (Å²) in [6.45, 7) is 2.56. The highest BCUT2D eigenvalue weighted by atomic mass is 16.5. The third kappa shape index (κ3) is 4.70. The van der Waals surface area contributed by atoms with Gasteiger partial charge in [-0.1, -0.05) is 0 Å². The van der Waals surface area contributed by atoms with Gasteiger partial charge < -0.3 is 20.9 Å². The lowest BCUT2D eigenvalue weighted by atomic mass is 10.1. The molecule has 0 spiro atoms. The third-order valence-electron chi connectivity index (χ3n) is 2.75. The zero-order chi connectivity index (χ0) is 12.8. The lowest BCUT2D eigenvalue weighted by Crippen LogP contribution is -2.44. The van der Waals surface area contributed by atoms with E-state index in [0.29, 0.717) is 6.61 Å². The van der Waals surface area contributed by atoms with Crippen molar-refractivity contribution in [2.75, 3.05) is 13.2 Å². The third-order valence-corrected chi connectivity index (χ3v) is 2.75. The number of carboxylic acids is 1. The first-order valence-electron chi connectivity index (χ1n) is 5.92. The number of nitrogens with one attached hydrogen (secondary N) is 1. The summed E-state index contributed by atoms with van der Waals surface area (Å²) in [5.41, 5.74) is 5.45. The topological polar surface area (TPSA) is 102 Å². The van der Waals surface area contributed by atoms with Crippen LogP contribution in [0, 0.1) is 5.92 Å². The Morgan fingerprint density at radius 2 is 2.18 bits per heavy atom. The zero-order valence-corrected chi connectivity index (χ0v) is 10.0. The minimum atomic E-state index is -0.971. The van der Waals surface area contributed by atoms with Crippen LogP contribution in [-0.4, -0.2) is 42.3 Å². The van der Waals surface area contributed by atoms with Crippen LogP contribution in [0.4, 0.5) is 0 Å². The van der Waals surface area contributed by atoms with Crippen LogP contribution < -0.4 is 11.1 Å². The molecule has 0 aromatic carbocycles. The van der Waals surface area contributed by atoms with Crippen LogP contribution >= 0.6 is 0 Å². The van der Waals surface area contributed by atoms with E-state index < -0.39 is 12.0 Å². The van der Waals surface area contributed by atoms with Gasteiger partial charge in [-0.05, 0) is 25.7 Å². The van der Waals surface area contributed by atoms with Crippen molar-refractivity contribution in [2.45, 2.75) is 38.3 Å². The number of nitrogens with two attached hydrogens (primary N) is 1. The molecule has 1 saturated carbocycles.